The van der Waals surface area contributed by atoms with E-state index in [0.29, 0.717) is 65.0 Å². The van der Waals surface area contributed by atoms with Crippen LogP contribution in [0.2, 0.25) is 5.02 Å². The number of benzene rings is 2. The summed E-state index contributed by atoms with van der Waals surface area (Å²) in [5.74, 6) is 0.532. The Morgan fingerprint density at radius 3 is 2.72 bits per heavy atom. The van der Waals surface area contributed by atoms with Crippen LogP contribution in [0, 0.1) is 5.82 Å². The molecule has 0 spiro atoms. The molecule has 0 bridgehead atoms. The van der Waals surface area contributed by atoms with E-state index in [2.05, 4.69) is 15.5 Å². The second kappa shape index (κ2) is 9.75. The van der Waals surface area contributed by atoms with Crippen molar-refractivity contribution in [2.75, 3.05) is 39.2 Å². The third-order valence-electron chi connectivity index (χ3n) is 4.85. The minimum absolute atomic E-state index is 0.109. The van der Waals surface area contributed by atoms with Crippen LogP contribution < -0.4 is 10.2 Å². The monoisotopic (exact) mass is 498 g/mol. The van der Waals surface area contributed by atoms with E-state index in [9.17, 15) is 12.8 Å². The molecule has 0 amide bonds. The highest BCUT2D eigenvalue weighted by Crippen LogP contribution is 2.31. The second-order valence-corrected chi connectivity index (χ2v) is 10.2. The summed E-state index contributed by atoms with van der Waals surface area (Å²) in [6.45, 7) is 1.32. The van der Waals surface area contributed by atoms with E-state index in [1.807, 2.05) is 0 Å². The minimum Gasteiger partial charge on any atom is -0.496 e. The first-order valence-electron chi connectivity index (χ1n) is 9.64. The van der Waals surface area contributed by atoms with E-state index >= 15 is 0 Å². The molecule has 2 heterocycles. The fourth-order valence-corrected chi connectivity index (χ4v) is 5.56. The molecule has 1 fully saturated rings. The SMILES string of the molecule is COc1ccc(F)cc1C1=NNC(=Nc2cc(S(=O)(=O)N3CCOCC3)ccc2Cl)SC1. The van der Waals surface area contributed by atoms with Crippen molar-refractivity contribution in [1.29, 1.82) is 0 Å². The maximum Gasteiger partial charge on any atom is 0.243 e. The third kappa shape index (κ3) is 4.91. The predicted octanol–water partition coefficient (Wildman–Crippen LogP) is 3.24. The van der Waals surface area contributed by atoms with Crippen molar-refractivity contribution in [2.45, 2.75) is 4.90 Å². The number of nitrogens with one attached hydrogen (secondary N) is 1. The number of nitrogens with zero attached hydrogens (tertiary/aromatic N) is 3. The smallest absolute Gasteiger partial charge is 0.243 e. The van der Waals surface area contributed by atoms with Gasteiger partial charge in [0.1, 0.15) is 11.6 Å². The van der Waals surface area contributed by atoms with Crippen molar-refractivity contribution in [2.24, 2.45) is 10.1 Å². The molecular weight excluding hydrogens is 479 g/mol. The summed E-state index contributed by atoms with van der Waals surface area (Å²) < 4.78 is 51.4. The molecule has 170 valence electrons. The Balaban J connectivity index is 1.58. The first kappa shape index (κ1) is 23.0. The number of ether oxygens (including phenoxy) is 2. The van der Waals surface area contributed by atoms with E-state index in [4.69, 9.17) is 21.1 Å². The van der Waals surface area contributed by atoms with Gasteiger partial charge in [-0.05, 0) is 36.4 Å². The molecular formula is C20H20ClFN4O4S2. The molecule has 32 heavy (non-hydrogen) atoms. The third-order valence-corrected chi connectivity index (χ3v) is 7.94. The van der Waals surface area contributed by atoms with E-state index < -0.39 is 15.8 Å². The van der Waals surface area contributed by atoms with Crippen LogP contribution in [0.1, 0.15) is 5.56 Å². The summed E-state index contributed by atoms with van der Waals surface area (Å²) in [6.07, 6.45) is 0. The molecule has 2 aromatic rings. The molecule has 0 aromatic heterocycles. The number of aliphatic imine (C=N–C) groups is 1. The molecule has 0 saturated carbocycles. The lowest BCUT2D eigenvalue weighted by molar-refractivity contribution is 0.0730. The molecule has 12 heteroatoms. The molecule has 1 N–H and O–H groups in total. The van der Waals surface area contributed by atoms with Crippen LogP contribution in [0.5, 0.6) is 5.75 Å². The van der Waals surface area contributed by atoms with E-state index in [1.54, 1.807) is 6.07 Å². The quantitative estimate of drug-likeness (QED) is 0.680. The zero-order valence-electron chi connectivity index (χ0n) is 17.0. The largest absolute Gasteiger partial charge is 0.496 e. The number of hydrogen-bond donors (Lipinski definition) is 1. The van der Waals surface area contributed by atoms with Crippen LogP contribution in [0.15, 0.2) is 51.4 Å². The zero-order valence-corrected chi connectivity index (χ0v) is 19.4. The van der Waals surface area contributed by atoms with Gasteiger partial charge < -0.3 is 9.47 Å². The number of morpholine rings is 1. The molecule has 8 nitrogen and oxygen atoms in total. The van der Waals surface area contributed by atoms with Gasteiger partial charge in [-0.15, -0.1) is 0 Å². The molecule has 1 saturated heterocycles. The van der Waals surface area contributed by atoms with Crippen LogP contribution >= 0.6 is 23.4 Å². The first-order chi connectivity index (χ1) is 15.4. The van der Waals surface area contributed by atoms with Gasteiger partial charge in [0, 0.05) is 24.4 Å². The molecule has 0 radical (unpaired) electrons. The Kier molecular flexibility index (Phi) is 7.01. The fraction of sp³-hybridized carbons (Fsp3) is 0.300. The summed E-state index contributed by atoms with van der Waals surface area (Å²) in [4.78, 5) is 4.55. The van der Waals surface area contributed by atoms with Crippen LogP contribution in [-0.2, 0) is 14.8 Å². The zero-order chi connectivity index (χ0) is 22.7. The molecule has 0 atom stereocenters. The Bertz CT molecular complexity index is 1180. The standard InChI is InChI=1S/C20H20ClFN4O4S2/c1-29-19-5-2-13(22)10-15(19)18-12-31-20(25-24-18)23-17-11-14(3-4-16(17)21)32(27,28)26-6-8-30-9-7-26/h2-5,10-11H,6-9,12H2,1H3,(H,23,25). The average Bonchev–Trinajstić information content (AvgIpc) is 2.81. The van der Waals surface area contributed by atoms with Crippen molar-refractivity contribution < 1.29 is 22.3 Å². The number of hydrazone groups is 1. The van der Waals surface area contributed by atoms with Crippen molar-refractivity contribution in [3.05, 3.63) is 52.8 Å². The van der Waals surface area contributed by atoms with Gasteiger partial charge >= 0.3 is 0 Å². The molecule has 2 aliphatic heterocycles. The number of halogens is 2. The van der Waals surface area contributed by atoms with E-state index in [0.717, 1.165) is 0 Å². The summed E-state index contributed by atoms with van der Waals surface area (Å²) in [6, 6.07) is 8.63. The number of thioether (sulfide) groups is 1. The van der Waals surface area contributed by atoms with Crippen molar-refractivity contribution >= 4 is 50.0 Å². The summed E-state index contributed by atoms with van der Waals surface area (Å²) in [5.41, 5.74) is 4.27. The Hall–Kier alpha value is -2.18. The Labute approximate surface area is 194 Å². The van der Waals surface area contributed by atoms with Crippen LogP contribution in [0.25, 0.3) is 0 Å². The van der Waals surface area contributed by atoms with Gasteiger partial charge in [-0.3, -0.25) is 5.43 Å². The molecule has 4 rings (SSSR count). The lowest BCUT2D eigenvalue weighted by atomic mass is 10.1. The van der Waals surface area contributed by atoms with Crippen molar-refractivity contribution in [3.63, 3.8) is 0 Å². The fourth-order valence-electron chi connectivity index (χ4n) is 3.20. The van der Waals surface area contributed by atoms with Gasteiger partial charge in [0.15, 0.2) is 5.17 Å². The highest BCUT2D eigenvalue weighted by Gasteiger charge is 2.27. The molecule has 0 aliphatic carbocycles. The van der Waals surface area contributed by atoms with Crippen LogP contribution in [0.4, 0.5) is 10.1 Å². The lowest BCUT2D eigenvalue weighted by Gasteiger charge is -2.26. The van der Waals surface area contributed by atoms with Gasteiger partial charge in [-0.25, -0.2) is 17.8 Å². The maximum atomic E-state index is 13.7. The second-order valence-electron chi connectivity index (χ2n) is 6.85. The number of amidine groups is 1. The average molecular weight is 499 g/mol. The van der Waals surface area contributed by atoms with Crippen LogP contribution in [-0.4, -0.2) is 62.8 Å². The van der Waals surface area contributed by atoms with Gasteiger partial charge in [-0.1, -0.05) is 23.4 Å². The van der Waals surface area contributed by atoms with Crippen molar-refractivity contribution in [1.82, 2.24) is 9.73 Å². The molecule has 0 unspecified atom stereocenters. The minimum atomic E-state index is -3.68. The highest BCUT2D eigenvalue weighted by atomic mass is 35.5. The van der Waals surface area contributed by atoms with Crippen LogP contribution in [0.3, 0.4) is 0 Å². The van der Waals surface area contributed by atoms with E-state index in [1.165, 1.54) is 53.5 Å². The van der Waals surface area contributed by atoms with Gasteiger partial charge in [0.05, 0.1) is 41.6 Å². The molecule has 2 aromatic carbocycles. The molecule has 2 aliphatic rings. The Morgan fingerprint density at radius 1 is 1.25 bits per heavy atom. The number of sulfonamides is 1. The first-order valence-corrected chi connectivity index (χ1v) is 12.4. The van der Waals surface area contributed by atoms with Crippen molar-refractivity contribution in [3.8, 4) is 5.75 Å². The maximum absolute atomic E-state index is 13.7. The number of hydrogen-bond acceptors (Lipinski definition) is 7. The number of methoxy groups -OCH3 is 1. The highest BCUT2D eigenvalue weighted by molar-refractivity contribution is 8.14. The predicted molar refractivity (Wildman–Crippen MR) is 123 cm³/mol. The van der Waals surface area contributed by atoms with Gasteiger partial charge in [-0.2, -0.15) is 9.41 Å². The van der Waals surface area contributed by atoms with Gasteiger partial charge in [0.25, 0.3) is 0 Å². The van der Waals surface area contributed by atoms with Gasteiger partial charge in [0.2, 0.25) is 10.0 Å². The number of rotatable bonds is 5. The summed E-state index contributed by atoms with van der Waals surface area (Å²) in [5, 5.41) is 5.03. The van der Waals surface area contributed by atoms with E-state index in [-0.39, 0.29) is 4.90 Å². The Morgan fingerprint density at radius 2 is 2.03 bits per heavy atom. The normalized spacial score (nSPS) is 18.8. The summed E-state index contributed by atoms with van der Waals surface area (Å²) in [7, 11) is -2.17. The lowest BCUT2D eigenvalue weighted by Crippen LogP contribution is -2.40. The topological polar surface area (TPSA) is 92.6 Å². The summed E-state index contributed by atoms with van der Waals surface area (Å²) >= 11 is 7.60.